The van der Waals surface area contributed by atoms with E-state index in [9.17, 15) is 25.2 Å². The molecule has 9 nitrogen and oxygen atoms in total. The van der Waals surface area contributed by atoms with Gasteiger partial charge in [0.25, 0.3) is 0 Å². The van der Waals surface area contributed by atoms with E-state index in [1.807, 2.05) is 0 Å². The maximum absolute atomic E-state index is 12.8. The van der Waals surface area contributed by atoms with Crippen LogP contribution < -0.4 is 0 Å². The predicted molar refractivity (Wildman–Crippen MR) is 256 cm³/mol. The number of rotatable bonds is 39. The van der Waals surface area contributed by atoms with E-state index in [0.717, 1.165) is 103 Å². The highest BCUT2D eigenvalue weighted by molar-refractivity contribution is 5.69. The number of aliphatic hydroxyl groups is 4. The van der Waals surface area contributed by atoms with Gasteiger partial charge < -0.3 is 39.4 Å². The molecule has 0 aromatic rings. The largest absolute Gasteiger partial charge is 0.457 e. The third kappa shape index (κ3) is 33.4. The Bertz CT molecular complexity index is 1310. The molecule has 0 aromatic heterocycles. The zero-order valence-electron chi connectivity index (χ0n) is 38.6. The summed E-state index contributed by atoms with van der Waals surface area (Å²) in [5.74, 6) is -0.355. The van der Waals surface area contributed by atoms with Crippen molar-refractivity contribution in [1.82, 2.24) is 0 Å². The summed E-state index contributed by atoms with van der Waals surface area (Å²) in [7, 11) is 0. The molecule has 62 heavy (non-hydrogen) atoms. The highest BCUT2D eigenvalue weighted by atomic mass is 16.7. The van der Waals surface area contributed by atoms with Gasteiger partial charge in [0.1, 0.15) is 30.5 Å². The number of allylic oxidation sites excluding steroid dienone is 18. The van der Waals surface area contributed by atoms with Crippen molar-refractivity contribution in [3.8, 4) is 0 Å². The van der Waals surface area contributed by atoms with Crippen LogP contribution in [0.15, 0.2) is 109 Å². The van der Waals surface area contributed by atoms with E-state index in [1.54, 1.807) is 0 Å². The molecular formula is C53H86O9. The van der Waals surface area contributed by atoms with Gasteiger partial charge in [0.05, 0.1) is 19.8 Å². The number of esters is 1. The molecular weight excluding hydrogens is 781 g/mol. The van der Waals surface area contributed by atoms with E-state index in [2.05, 4.69) is 123 Å². The minimum Gasteiger partial charge on any atom is -0.457 e. The van der Waals surface area contributed by atoms with Gasteiger partial charge in [-0.25, -0.2) is 0 Å². The van der Waals surface area contributed by atoms with Crippen molar-refractivity contribution in [1.29, 1.82) is 0 Å². The second-order valence-electron chi connectivity index (χ2n) is 15.8. The molecule has 0 amide bonds. The van der Waals surface area contributed by atoms with Gasteiger partial charge in [-0.15, -0.1) is 0 Å². The summed E-state index contributed by atoms with van der Waals surface area (Å²) < 4.78 is 22.8. The Balaban J connectivity index is 2.28. The van der Waals surface area contributed by atoms with Crippen molar-refractivity contribution in [3.05, 3.63) is 109 Å². The smallest absolute Gasteiger partial charge is 0.306 e. The van der Waals surface area contributed by atoms with Gasteiger partial charge in [0, 0.05) is 13.0 Å². The maximum Gasteiger partial charge on any atom is 0.306 e. The highest BCUT2D eigenvalue weighted by Gasteiger charge is 2.44. The number of carbonyl (C=O) groups is 1. The van der Waals surface area contributed by atoms with Crippen LogP contribution in [-0.2, 0) is 23.7 Å². The van der Waals surface area contributed by atoms with Crippen LogP contribution in [0.3, 0.4) is 0 Å². The Labute approximate surface area is 376 Å². The molecule has 6 atom stereocenters. The summed E-state index contributed by atoms with van der Waals surface area (Å²) in [5.41, 5.74) is 0. The van der Waals surface area contributed by atoms with Gasteiger partial charge in [-0.3, -0.25) is 4.79 Å². The van der Waals surface area contributed by atoms with Crippen LogP contribution in [0.4, 0.5) is 0 Å². The Morgan fingerprint density at radius 3 is 1.48 bits per heavy atom. The SMILES string of the molecule is CC/C=C\C/C=C\C/C=C\C/C=C\C/C=C\C/C=C\C/C=C\CCCCCC(=O)OC(COCCCCCCCC/C=C\C/C=C\CCC)COC1OC(CO)C(O)C(O)C1O. The first-order chi connectivity index (χ1) is 30.4. The average molecular weight is 867 g/mol. The molecule has 1 aliphatic heterocycles. The number of ether oxygens (including phenoxy) is 4. The molecule has 1 fully saturated rings. The first-order valence-electron chi connectivity index (χ1n) is 24.0. The molecule has 1 heterocycles. The van der Waals surface area contributed by atoms with Crippen LogP contribution in [0.5, 0.6) is 0 Å². The summed E-state index contributed by atoms with van der Waals surface area (Å²) in [6.45, 7) is 4.29. The zero-order valence-corrected chi connectivity index (χ0v) is 38.6. The van der Waals surface area contributed by atoms with Gasteiger partial charge >= 0.3 is 5.97 Å². The fourth-order valence-electron chi connectivity index (χ4n) is 6.45. The first kappa shape index (κ1) is 56.9. The van der Waals surface area contributed by atoms with Crippen molar-refractivity contribution >= 4 is 5.97 Å². The minimum atomic E-state index is -1.55. The van der Waals surface area contributed by atoms with Crippen LogP contribution in [-0.4, -0.2) is 89.6 Å². The highest BCUT2D eigenvalue weighted by Crippen LogP contribution is 2.22. The van der Waals surface area contributed by atoms with Gasteiger partial charge in [-0.2, -0.15) is 0 Å². The summed E-state index contributed by atoms with van der Waals surface area (Å²) in [6.07, 6.45) is 54.0. The fourth-order valence-corrected chi connectivity index (χ4v) is 6.45. The van der Waals surface area contributed by atoms with Gasteiger partial charge in [-0.1, -0.05) is 162 Å². The fraction of sp³-hybridized carbons (Fsp3) is 0.642. The molecule has 1 aliphatic rings. The molecule has 0 aromatic carbocycles. The molecule has 0 aliphatic carbocycles. The first-order valence-corrected chi connectivity index (χ1v) is 24.0. The summed E-state index contributed by atoms with van der Waals surface area (Å²) >= 11 is 0. The second-order valence-corrected chi connectivity index (χ2v) is 15.8. The van der Waals surface area contributed by atoms with Crippen LogP contribution in [0.1, 0.15) is 155 Å². The number of hydrogen-bond donors (Lipinski definition) is 4. The number of aliphatic hydroxyl groups excluding tert-OH is 4. The van der Waals surface area contributed by atoms with Crippen LogP contribution >= 0.6 is 0 Å². The molecule has 9 heteroatoms. The maximum atomic E-state index is 12.8. The van der Waals surface area contributed by atoms with E-state index < -0.39 is 43.4 Å². The molecule has 0 spiro atoms. The molecule has 6 unspecified atom stereocenters. The molecule has 0 radical (unpaired) electrons. The number of unbranched alkanes of at least 4 members (excludes halogenated alkanes) is 10. The van der Waals surface area contributed by atoms with Crippen molar-refractivity contribution in [2.75, 3.05) is 26.4 Å². The second kappa shape index (κ2) is 43.1. The van der Waals surface area contributed by atoms with E-state index >= 15 is 0 Å². The summed E-state index contributed by atoms with van der Waals surface area (Å²) in [6, 6.07) is 0. The molecule has 0 saturated carbocycles. The topological polar surface area (TPSA) is 135 Å². The lowest BCUT2D eigenvalue weighted by atomic mass is 9.99. The van der Waals surface area contributed by atoms with Crippen molar-refractivity contribution in [3.63, 3.8) is 0 Å². The Morgan fingerprint density at radius 2 is 0.984 bits per heavy atom. The van der Waals surface area contributed by atoms with Crippen molar-refractivity contribution in [2.24, 2.45) is 0 Å². The van der Waals surface area contributed by atoms with E-state index in [0.29, 0.717) is 13.0 Å². The monoisotopic (exact) mass is 867 g/mol. The summed E-state index contributed by atoms with van der Waals surface area (Å²) in [5, 5.41) is 40.2. The van der Waals surface area contributed by atoms with Crippen LogP contribution in [0, 0.1) is 0 Å². The van der Waals surface area contributed by atoms with Gasteiger partial charge in [0.2, 0.25) is 0 Å². The quantitative estimate of drug-likeness (QED) is 0.0271. The van der Waals surface area contributed by atoms with Gasteiger partial charge in [-0.05, 0) is 96.3 Å². The molecule has 352 valence electrons. The normalized spacial score (nSPS) is 20.8. The standard InChI is InChI=1S/C53H86O9/c1-3-5-7-9-11-13-15-17-19-20-21-22-23-24-25-26-27-28-29-30-32-34-36-38-40-42-49(55)61-47(46-60-53-52(58)51(57)50(56)48(44-54)62-53)45-59-43-41-39-37-35-33-31-18-16-14-12-10-8-6-4-2/h5,7-8,10-11,13-14,16-17,19,21-22,24-25,27-28,30,32,47-48,50-54,56-58H,3-4,6,9,12,15,18,20,23,26,29,31,33-46H2,1-2H3/b7-5-,10-8-,13-11-,16-14-,19-17-,22-21-,25-24-,28-27-,32-30-. The summed E-state index contributed by atoms with van der Waals surface area (Å²) in [4.78, 5) is 12.8. The Kier molecular flexibility index (Phi) is 39.5. The number of hydrogen-bond acceptors (Lipinski definition) is 9. The van der Waals surface area contributed by atoms with E-state index in [-0.39, 0.29) is 25.6 Å². The predicted octanol–water partition coefficient (Wildman–Crippen LogP) is 11.4. The van der Waals surface area contributed by atoms with E-state index in [4.69, 9.17) is 18.9 Å². The van der Waals surface area contributed by atoms with Crippen molar-refractivity contribution in [2.45, 2.75) is 192 Å². The van der Waals surface area contributed by atoms with E-state index in [1.165, 1.54) is 25.7 Å². The van der Waals surface area contributed by atoms with Crippen LogP contribution in [0.2, 0.25) is 0 Å². The Hall–Kier alpha value is -3.15. The zero-order chi connectivity index (χ0) is 45.0. The molecule has 1 rings (SSSR count). The lowest BCUT2D eigenvalue weighted by molar-refractivity contribution is -0.305. The minimum absolute atomic E-state index is 0.116. The molecule has 1 saturated heterocycles. The van der Waals surface area contributed by atoms with Crippen LogP contribution in [0.25, 0.3) is 0 Å². The molecule has 4 N–H and O–H groups in total. The third-order valence-electron chi connectivity index (χ3n) is 10.2. The number of carbonyl (C=O) groups excluding carboxylic acids is 1. The Morgan fingerprint density at radius 1 is 0.532 bits per heavy atom. The third-order valence-corrected chi connectivity index (χ3v) is 10.2. The average Bonchev–Trinajstić information content (AvgIpc) is 3.27. The lowest BCUT2D eigenvalue weighted by Gasteiger charge is -2.39. The van der Waals surface area contributed by atoms with Gasteiger partial charge in [0.15, 0.2) is 6.29 Å². The lowest BCUT2D eigenvalue weighted by Crippen LogP contribution is -2.59. The van der Waals surface area contributed by atoms with Crippen molar-refractivity contribution < 1.29 is 44.2 Å². The molecule has 0 bridgehead atoms.